The van der Waals surface area contributed by atoms with Crippen molar-refractivity contribution in [3.05, 3.63) is 37.8 Å². The lowest BCUT2D eigenvalue weighted by Gasteiger charge is -2.45. The van der Waals surface area contributed by atoms with Gasteiger partial charge in [0.05, 0.1) is 14.3 Å². The first-order chi connectivity index (χ1) is 15.4. The van der Waals surface area contributed by atoms with Crippen LogP contribution in [-0.4, -0.2) is 19.5 Å². The summed E-state index contributed by atoms with van der Waals surface area (Å²) in [6.07, 6.45) is 11.9. The third-order valence-corrected chi connectivity index (χ3v) is 15.2. The second-order valence-corrected chi connectivity index (χ2v) is 17.9. The van der Waals surface area contributed by atoms with Crippen molar-refractivity contribution in [2.45, 2.75) is 102 Å². The van der Waals surface area contributed by atoms with Crippen molar-refractivity contribution in [1.82, 2.24) is 0 Å². The van der Waals surface area contributed by atoms with Crippen molar-refractivity contribution < 1.29 is 9.53 Å². The zero-order valence-corrected chi connectivity index (χ0v) is 25.9. The van der Waals surface area contributed by atoms with Crippen LogP contribution in [0.5, 0.6) is 5.75 Å². The van der Waals surface area contributed by atoms with Gasteiger partial charge in [-0.1, -0.05) is 59.1 Å². The summed E-state index contributed by atoms with van der Waals surface area (Å²) in [4.78, 5) is 0. The zero-order valence-electron chi connectivity index (χ0n) is 21.0. The van der Waals surface area contributed by atoms with Gasteiger partial charge < -0.3 is 9.53 Å². The molecule has 0 aliphatic heterocycles. The van der Waals surface area contributed by atoms with E-state index in [1.165, 1.54) is 5.57 Å². The summed E-state index contributed by atoms with van der Waals surface area (Å²) >= 11 is 13.8. The lowest BCUT2D eigenvalue weighted by atomic mass is 9.83. The highest BCUT2D eigenvalue weighted by atomic mass is 79.9. The first-order valence-electron chi connectivity index (χ1n) is 12.0. The third kappa shape index (κ3) is 6.31. The van der Waals surface area contributed by atoms with Crippen molar-refractivity contribution >= 4 is 51.8 Å². The number of hydrogen-bond acceptors (Lipinski definition) is 2. The van der Waals surface area contributed by atoms with E-state index in [1.54, 1.807) is 0 Å². The van der Waals surface area contributed by atoms with Crippen molar-refractivity contribution in [2.24, 2.45) is 5.92 Å². The molecule has 0 aromatic heterocycles. The maximum atomic E-state index is 10.4. The summed E-state index contributed by atoms with van der Waals surface area (Å²) in [5.41, 5.74) is 4.83. The van der Waals surface area contributed by atoms with E-state index in [1.807, 2.05) is 13.0 Å². The standard InChI is InChI=1S/C27H39Br2ClO2Si/c1-9-24(32-33(16(2)3,17(4)5)18(6)7)21-12-10-11-20(14-21)15-23(30)25-19(8)13-22(28)27(31)26(25)29/h1,11,13,16-18,21,23-24,31H,10,12,14-15H2,2-8H3/t21-,23-,24?/m1/s1. The first-order valence-corrected chi connectivity index (χ1v) is 16.2. The molecule has 2 rings (SSSR count). The van der Waals surface area contributed by atoms with Gasteiger partial charge in [-0.25, -0.2) is 0 Å². The molecule has 1 N–H and O–H groups in total. The summed E-state index contributed by atoms with van der Waals surface area (Å²) in [7, 11) is -2.06. The zero-order chi connectivity index (χ0) is 25.1. The smallest absolute Gasteiger partial charge is 0.202 e. The highest BCUT2D eigenvalue weighted by Crippen LogP contribution is 2.47. The lowest BCUT2D eigenvalue weighted by molar-refractivity contribution is 0.151. The molecule has 1 aliphatic rings. The van der Waals surface area contributed by atoms with Crippen LogP contribution in [0.15, 0.2) is 26.7 Å². The molecule has 0 bridgehead atoms. The number of rotatable bonds is 9. The Bertz CT molecular complexity index is 883. The Balaban J connectivity index is 2.22. The normalized spacial score (nSPS) is 19.0. The monoisotopic (exact) mass is 616 g/mol. The molecule has 1 aromatic carbocycles. The number of phenolic OH excluding ortho intramolecular Hbond substituents is 1. The van der Waals surface area contributed by atoms with Crippen LogP contribution in [0.25, 0.3) is 0 Å². The fraction of sp³-hybridized carbons (Fsp3) is 0.630. The minimum absolute atomic E-state index is 0.161. The van der Waals surface area contributed by atoms with Crippen molar-refractivity contribution in [2.75, 3.05) is 0 Å². The topological polar surface area (TPSA) is 29.5 Å². The Morgan fingerprint density at radius 2 is 1.76 bits per heavy atom. The first kappa shape index (κ1) is 29.0. The highest BCUT2D eigenvalue weighted by Gasteiger charge is 2.47. The van der Waals surface area contributed by atoms with Crippen LogP contribution in [0.2, 0.25) is 16.6 Å². The van der Waals surface area contributed by atoms with Crippen molar-refractivity contribution in [1.29, 1.82) is 0 Å². The predicted molar refractivity (Wildman–Crippen MR) is 152 cm³/mol. The summed E-state index contributed by atoms with van der Waals surface area (Å²) in [6.45, 7) is 15.8. The third-order valence-electron chi connectivity index (χ3n) is 7.32. The summed E-state index contributed by atoms with van der Waals surface area (Å²) < 4.78 is 8.34. The molecule has 6 heteroatoms. The van der Waals surface area contributed by atoms with E-state index >= 15 is 0 Å². The molecule has 1 aromatic rings. The highest BCUT2D eigenvalue weighted by molar-refractivity contribution is 9.11. The van der Waals surface area contributed by atoms with E-state index in [0.29, 0.717) is 31.5 Å². The Kier molecular flexibility index (Phi) is 10.7. The fourth-order valence-corrected chi connectivity index (χ4v) is 13.5. The second kappa shape index (κ2) is 12.1. The van der Waals surface area contributed by atoms with E-state index in [0.717, 1.165) is 36.8 Å². The minimum atomic E-state index is -2.06. The van der Waals surface area contributed by atoms with E-state index < -0.39 is 8.32 Å². The van der Waals surface area contributed by atoms with E-state index in [-0.39, 0.29) is 17.2 Å². The van der Waals surface area contributed by atoms with E-state index in [4.69, 9.17) is 22.5 Å². The Morgan fingerprint density at radius 1 is 1.18 bits per heavy atom. The number of hydrogen-bond donors (Lipinski definition) is 1. The maximum absolute atomic E-state index is 10.4. The van der Waals surface area contributed by atoms with Crippen LogP contribution in [0.1, 0.15) is 83.7 Å². The number of terminal acetylenes is 1. The Labute approximate surface area is 224 Å². The molecular weight excluding hydrogens is 580 g/mol. The van der Waals surface area contributed by atoms with Gasteiger partial charge in [-0.05, 0) is 104 Å². The molecule has 0 fully saturated rings. The van der Waals surface area contributed by atoms with Gasteiger partial charge in [0.2, 0.25) is 8.32 Å². The molecular formula is C27H39Br2ClO2Si. The van der Waals surface area contributed by atoms with Gasteiger partial charge in [0.1, 0.15) is 11.9 Å². The molecule has 1 unspecified atom stereocenters. The van der Waals surface area contributed by atoms with Gasteiger partial charge in [-0.15, -0.1) is 18.0 Å². The molecule has 3 atom stereocenters. The van der Waals surface area contributed by atoms with Gasteiger partial charge in [0, 0.05) is 0 Å². The van der Waals surface area contributed by atoms with Crippen LogP contribution in [-0.2, 0) is 4.43 Å². The Morgan fingerprint density at radius 3 is 2.27 bits per heavy atom. The van der Waals surface area contributed by atoms with E-state index in [2.05, 4.69) is 85.4 Å². The Hall–Kier alpha value is -0.253. The van der Waals surface area contributed by atoms with Gasteiger partial charge in [-0.3, -0.25) is 0 Å². The molecule has 0 heterocycles. The fourth-order valence-electron chi connectivity index (χ4n) is 5.80. The number of aromatic hydroxyl groups is 1. The number of benzene rings is 1. The average molecular weight is 619 g/mol. The number of halogens is 3. The van der Waals surface area contributed by atoms with Gasteiger partial charge in [0.15, 0.2) is 0 Å². The number of phenols is 1. The van der Waals surface area contributed by atoms with Crippen molar-refractivity contribution in [3.63, 3.8) is 0 Å². The predicted octanol–water partition coefficient (Wildman–Crippen LogP) is 9.82. The van der Waals surface area contributed by atoms with Crippen molar-refractivity contribution in [3.8, 4) is 18.1 Å². The molecule has 0 radical (unpaired) electrons. The van der Waals surface area contributed by atoms with Crippen LogP contribution < -0.4 is 0 Å². The second-order valence-electron chi connectivity index (χ2n) is 10.3. The molecule has 0 amide bonds. The molecule has 184 valence electrons. The molecule has 33 heavy (non-hydrogen) atoms. The SMILES string of the molecule is C#CC(O[Si](C(C)C)(C(C)C)C(C)C)[C@@H]1CCC=C(C[C@@H](Cl)c2c(C)cc(Br)c(O)c2Br)C1. The maximum Gasteiger partial charge on any atom is 0.202 e. The molecule has 0 spiro atoms. The van der Waals surface area contributed by atoms with Crippen LogP contribution in [0.3, 0.4) is 0 Å². The molecule has 1 aliphatic carbocycles. The average Bonchev–Trinajstić information content (AvgIpc) is 2.72. The van der Waals surface area contributed by atoms with Crippen LogP contribution in [0, 0.1) is 25.2 Å². The quantitative estimate of drug-likeness (QED) is 0.129. The number of aryl methyl sites for hydroxylation is 1. The van der Waals surface area contributed by atoms with E-state index in [9.17, 15) is 5.11 Å². The summed E-state index contributed by atoms with van der Waals surface area (Å²) in [6, 6.07) is 1.92. The van der Waals surface area contributed by atoms with Gasteiger partial charge in [-0.2, -0.15) is 0 Å². The summed E-state index contributed by atoms with van der Waals surface area (Å²) in [5.74, 6) is 3.54. The molecule has 2 nitrogen and oxygen atoms in total. The molecule has 0 saturated carbocycles. The largest absolute Gasteiger partial charge is 0.506 e. The lowest BCUT2D eigenvalue weighted by Crippen LogP contribution is -2.51. The van der Waals surface area contributed by atoms with Gasteiger partial charge >= 0.3 is 0 Å². The number of alkyl halides is 1. The number of allylic oxidation sites excluding steroid dienone is 2. The van der Waals surface area contributed by atoms with Crippen LogP contribution >= 0.6 is 43.5 Å². The van der Waals surface area contributed by atoms with Crippen LogP contribution in [0.4, 0.5) is 0 Å². The summed E-state index contributed by atoms with van der Waals surface area (Å²) in [5, 5.41) is 10.1. The van der Waals surface area contributed by atoms with Gasteiger partial charge in [0.25, 0.3) is 0 Å². The molecule has 0 saturated heterocycles. The minimum Gasteiger partial charge on any atom is -0.506 e.